The summed E-state index contributed by atoms with van der Waals surface area (Å²) in [6.07, 6.45) is 0.309. The SMILES string of the molecule is Cc1ccccc1OCC[C@H](N)C(=O)O. The Morgan fingerprint density at radius 1 is 1.53 bits per heavy atom. The number of aryl methyl sites for hydroxylation is 1. The number of hydrogen-bond donors (Lipinski definition) is 2. The summed E-state index contributed by atoms with van der Waals surface area (Å²) in [5.74, 6) is -0.224. The number of aliphatic carboxylic acids is 1. The molecule has 0 unspecified atom stereocenters. The first-order chi connectivity index (χ1) is 7.11. The Balaban J connectivity index is 2.38. The van der Waals surface area contributed by atoms with E-state index in [1.54, 1.807) is 0 Å². The highest BCUT2D eigenvalue weighted by atomic mass is 16.5. The normalized spacial score (nSPS) is 12.1. The van der Waals surface area contributed by atoms with Gasteiger partial charge in [0.15, 0.2) is 0 Å². The molecule has 0 aliphatic heterocycles. The molecule has 0 bridgehead atoms. The summed E-state index contributed by atoms with van der Waals surface area (Å²) in [6.45, 7) is 2.25. The number of benzene rings is 1. The second-order valence-electron chi connectivity index (χ2n) is 3.35. The van der Waals surface area contributed by atoms with Crippen LogP contribution in [0.15, 0.2) is 24.3 Å². The van der Waals surface area contributed by atoms with Crippen LogP contribution in [0.25, 0.3) is 0 Å². The van der Waals surface area contributed by atoms with Gasteiger partial charge in [0.2, 0.25) is 0 Å². The molecule has 0 radical (unpaired) electrons. The van der Waals surface area contributed by atoms with Gasteiger partial charge in [-0.15, -0.1) is 0 Å². The summed E-state index contributed by atoms with van der Waals surface area (Å²) < 4.78 is 5.41. The Morgan fingerprint density at radius 3 is 2.80 bits per heavy atom. The molecule has 0 heterocycles. The first-order valence-electron chi connectivity index (χ1n) is 4.78. The predicted molar refractivity (Wildman–Crippen MR) is 56.9 cm³/mol. The molecule has 1 rings (SSSR count). The van der Waals surface area contributed by atoms with E-state index >= 15 is 0 Å². The molecule has 0 aliphatic rings. The maximum atomic E-state index is 10.4. The van der Waals surface area contributed by atoms with Crippen molar-refractivity contribution in [1.82, 2.24) is 0 Å². The molecule has 4 heteroatoms. The molecule has 0 saturated carbocycles. The van der Waals surface area contributed by atoms with Crippen molar-refractivity contribution in [2.45, 2.75) is 19.4 Å². The second-order valence-corrected chi connectivity index (χ2v) is 3.35. The molecule has 0 aliphatic carbocycles. The third kappa shape index (κ3) is 3.59. The van der Waals surface area contributed by atoms with E-state index in [1.807, 2.05) is 31.2 Å². The first-order valence-corrected chi connectivity index (χ1v) is 4.78. The molecule has 1 aromatic rings. The summed E-state index contributed by atoms with van der Waals surface area (Å²) in [5, 5.41) is 8.55. The topological polar surface area (TPSA) is 72.5 Å². The molecule has 0 fully saturated rings. The highest BCUT2D eigenvalue weighted by molar-refractivity contribution is 5.72. The minimum absolute atomic E-state index is 0.309. The van der Waals surface area contributed by atoms with Crippen LogP contribution in [0.2, 0.25) is 0 Å². The molecule has 0 aromatic heterocycles. The van der Waals surface area contributed by atoms with Gasteiger partial charge in [0, 0.05) is 6.42 Å². The van der Waals surface area contributed by atoms with Gasteiger partial charge in [0.05, 0.1) is 6.61 Å². The van der Waals surface area contributed by atoms with Crippen LogP contribution in [0, 0.1) is 6.92 Å². The molecule has 82 valence electrons. The zero-order valence-electron chi connectivity index (χ0n) is 8.64. The van der Waals surface area contributed by atoms with Crippen molar-refractivity contribution in [3.8, 4) is 5.75 Å². The van der Waals surface area contributed by atoms with Crippen LogP contribution in [0.4, 0.5) is 0 Å². The van der Waals surface area contributed by atoms with E-state index in [1.165, 1.54) is 0 Å². The van der Waals surface area contributed by atoms with Crippen LogP contribution in [0.5, 0.6) is 5.75 Å². The number of carbonyl (C=O) groups is 1. The van der Waals surface area contributed by atoms with E-state index in [0.29, 0.717) is 13.0 Å². The molecule has 3 N–H and O–H groups in total. The highest BCUT2D eigenvalue weighted by Crippen LogP contribution is 2.16. The highest BCUT2D eigenvalue weighted by Gasteiger charge is 2.10. The van der Waals surface area contributed by atoms with Crippen molar-refractivity contribution in [3.05, 3.63) is 29.8 Å². The average Bonchev–Trinajstić information content (AvgIpc) is 2.20. The van der Waals surface area contributed by atoms with Crippen molar-refractivity contribution < 1.29 is 14.6 Å². The zero-order chi connectivity index (χ0) is 11.3. The van der Waals surface area contributed by atoms with Gasteiger partial charge in [-0.25, -0.2) is 0 Å². The number of rotatable bonds is 5. The molecule has 15 heavy (non-hydrogen) atoms. The van der Waals surface area contributed by atoms with Gasteiger partial charge in [-0.2, -0.15) is 0 Å². The van der Waals surface area contributed by atoms with Gasteiger partial charge in [-0.3, -0.25) is 4.79 Å². The van der Waals surface area contributed by atoms with Gasteiger partial charge >= 0.3 is 5.97 Å². The fraction of sp³-hybridized carbons (Fsp3) is 0.364. The quantitative estimate of drug-likeness (QED) is 0.763. The number of para-hydroxylation sites is 1. The lowest BCUT2D eigenvalue weighted by Crippen LogP contribution is -2.31. The lowest BCUT2D eigenvalue weighted by atomic mass is 10.2. The number of hydrogen-bond acceptors (Lipinski definition) is 3. The zero-order valence-corrected chi connectivity index (χ0v) is 8.64. The van der Waals surface area contributed by atoms with E-state index in [4.69, 9.17) is 15.6 Å². The van der Waals surface area contributed by atoms with E-state index in [9.17, 15) is 4.79 Å². The molecule has 0 saturated heterocycles. The van der Waals surface area contributed by atoms with E-state index in [0.717, 1.165) is 11.3 Å². The molecular formula is C11H15NO3. The fourth-order valence-corrected chi connectivity index (χ4v) is 1.14. The molecule has 1 aromatic carbocycles. The average molecular weight is 209 g/mol. The fourth-order valence-electron chi connectivity index (χ4n) is 1.14. The standard InChI is InChI=1S/C11H15NO3/c1-8-4-2-3-5-10(8)15-7-6-9(12)11(13)14/h2-5,9H,6-7,12H2,1H3,(H,13,14)/t9-/m0/s1. The van der Waals surface area contributed by atoms with Crippen LogP contribution in [0.3, 0.4) is 0 Å². The Kier molecular flexibility index (Phi) is 4.12. The lowest BCUT2D eigenvalue weighted by Gasteiger charge is -2.10. The third-order valence-electron chi connectivity index (χ3n) is 2.10. The van der Waals surface area contributed by atoms with Crippen LogP contribution in [0.1, 0.15) is 12.0 Å². The van der Waals surface area contributed by atoms with Crippen molar-refractivity contribution in [2.24, 2.45) is 5.73 Å². The summed E-state index contributed by atoms with van der Waals surface area (Å²) in [7, 11) is 0. The van der Waals surface area contributed by atoms with Crippen molar-refractivity contribution in [1.29, 1.82) is 0 Å². The van der Waals surface area contributed by atoms with E-state index < -0.39 is 12.0 Å². The number of nitrogens with two attached hydrogens (primary N) is 1. The van der Waals surface area contributed by atoms with E-state index in [-0.39, 0.29) is 0 Å². The van der Waals surface area contributed by atoms with Crippen molar-refractivity contribution in [2.75, 3.05) is 6.61 Å². The van der Waals surface area contributed by atoms with E-state index in [2.05, 4.69) is 0 Å². The van der Waals surface area contributed by atoms with Crippen molar-refractivity contribution in [3.63, 3.8) is 0 Å². The summed E-state index contributed by atoms with van der Waals surface area (Å²) in [4.78, 5) is 10.4. The Hall–Kier alpha value is -1.55. The van der Waals surface area contributed by atoms with Crippen LogP contribution < -0.4 is 10.5 Å². The summed E-state index contributed by atoms with van der Waals surface area (Å²) in [5.41, 5.74) is 6.37. The van der Waals surface area contributed by atoms with Gasteiger partial charge in [-0.05, 0) is 18.6 Å². The third-order valence-corrected chi connectivity index (χ3v) is 2.10. The minimum Gasteiger partial charge on any atom is -0.493 e. The van der Waals surface area contributed by atoms with Crippen LogP contribution in [-0.4, -0.2) is 23.7 Å². The van der Waals surface area contributed by atoms with Crippen LogP contribution >= 0.6 is 0 Å². The molecule has 4 nitrogen and oxygen atoms in total. The predicted octanol–water partition coefficient (Wildman–Crippen LogP) is 1.18. The van der Waals surface area contributed by atoms with Gasteiger partial charge in [0.1, 0.15) is 11.8 Å². The number of carboxylic acids is 1. The number of carboxylic acid groups (broad SMARTS) is 1. The Morgan fingerprint density at radius 2 is 2.20 bits per heavy atom. The maximum Gasteiger partial charge on any atom is 0.320 e. The van der Waals surface area contributed by atoms with Gasteiger partial charge in [0.25, 0.3) is 0 Å². The largest absolute Gasteiger partial charge is 0.493 e. The molecule has 0 spiro atoms. The Bertz CT molecular complexity index is 338. The minimum atomic E-state index is -0.997. The Labute approximate surface area is 88.7 Å². The van der Waals surface area contributed by atoms with Crippen LogP contribution in [-0.2, 0) is 4.79 Å². The first kappa shape index (κ1) is 11.5. The van der Waals surface area contributed by atoms with Gasteiger partial charge < -0.3 is 15.6 Å². The maximum absolute atomic E-state index is 10.4. The monoisotopic (exact) mass is 209 g/mol. The molecule has 1 atom stereocenters. The summed E-state index contributed by atoms with van der Waals surface area (Å²) >= 11 is 0. The second kappa shape index (κ2) is 5.36. The molecular weight excluding hydrogens is 194 g/mol. The number of ether oxygens (including phenoxy) is 1. The van der Waals surface area contributed by atoms with Crippen molar-refractivity contribution >= 4 is 5.97 Å². The lowest BCUT2D eigenvalue weighted by molar-refractivity contribution is -0.138. The smallest absolute Gasteiger partial charge is 0.320 e. The van der Waals surface area contributed by atoms with Gasteiger partial charge in [-0.1, -0.05) is 18.2 Å². The molecule has 0 amide bonds. The summed E-state index contributed by atoms with van der Waals surface area (Å²) in [6, 6.07) is 6.73.